The third-order valence-corrected chi connectivity index (χ3v) is 2.78. The molecule has 2 rings (SSSR count). The van der Waals surface area contributed by atoms with Crippen LogP contribution in [-0.2, 0) is 4.79 Å². The number of hydrogen-bond donors (Lipinski definition) is 1. The van der Waals surface area contributed by atoms with Crippen molar-refractivity contribution in [3.8, 4) is 0 Å². The Hall–Kier alpha value is -1.42. The van der Waals surface area contributed by atoms with Crippen LogP contribution in [0.3, 0.4) is 0 Å². The summed E-state index contributed by atoms with van der Waals surface area (Å²) in [6.45, 7) is 4.27. The molecule has 0 spiro atoms. The van der Waals surface area contributed by atoms with Crippen molar-refractivity contribution in [2.75, 3.05) is 11.4 Å². The van der Waals surface area contributed by atoms with Crippen LogP contribution in [0.4, 0.5) is 5.69 Å². The van der Waals surface area contributed by atoms with Gasteiger partial charge in [-0.3, -0.25) is 9.69 Å². The molecule has 1 aromatic carbocycles. The molecule has 1 heterocycles. The maximum absolute atomic E-state index is 11.6. The second-order valence-electron chi connectivity index (χ2n) is 3.68. The van der Waals surface area contributed by atoms with Crippen molar-refractivity contribution in [1.82, 2.24) is 5.32 Å². The lowest BCUT2D eigenvalue weighted by atomic mass is 10.1. The van der Waals surface area contributed by atoms with Gasteiger partial charge in [0.15, 0.2) is 5.11 Å². The monoisotopic (exact) mass is 220 g/mol. The van der Waals surface area contributed by atoms with Crippen LogP contribution in [0.5, 0.6) is 0 Å². The predicted molar refractivity (Wildman–Crippen MR) is 64.0 cm³/mol. The molecule has 78 valence electrons. The van der Waals surface area contributed by atoms with Gasteiger partial charge in [0.25, 0.3) is 5.91 Å². The minimum Gasteiger partial charge on any atom is -0.353 e. The number of hydrogen-bond acceptors (Lipinski definition) is 2. The molecule has 3 nitrogen and oxygen atoms in total. The first-order chi connectivity index (χ1) is 7.09. The van der Waals surface area contributed by atoms with Crippen LogP contribution < -0.4 is 10.2 Å². The number of thiocarbonyl (C=S) groups is 1. The van der Waals surface area contributed by atoms with Crippen molar-refractivity contribution in [2.24, 2.45) is 0 Å². The molecule has 1 amide bonds. The number of benzene rings is 1. The topological polar surface area (TPSA) is 32.3 Å². The van der Waals surface area contributed by atoms with E-state index in [1.165, 1.54) is 0 Å². The molecule has 1 fully saturated rings. The van der Waals surface area contributed by atoms with Crippen molar-refractivity contribution >= 4 is 28.9 Å². The van der Waals surface area contributed by atoms with Gasteiger partial charge < -0.3 is 5.32 Å². The van der Waals surface area contributed by atoms with Gasteiger partial charge in [-0.1, -0.05) is 12.1 Å². The Morgan fingerprint density at radius 2 is 2.13 bits per heavy atom. The van der Waals surface area contributed by atoms with E-state index in [1.54, 1.807) is 4.90 Å². The quantitative estimate of drug-likeness (QED) is 0.728. The molecule has 1 saturated heterocycles. The second-order valence-corrected chi connectivity index (χ2v) is 4.06. The van der Waals surface area contributed by atoms with Crippen LogP contribution in [0.1, 0.15) is 11.1 Å². The molecule has 4 heteroatoms. The third-order valence-electron chi connectivity index (χ3n) is 2.45. The fraction of sp³-hybridized carbons (Fsp3) is 0.273. The molecule has 1 aliphatic rings. The highest BCUT2D eigenvalue weighted by atomic mass is 32.1. The van der Waals surface area contributed by atoms with Gasteiger partial charge in [-0.2, -0.15) is 0 Å². The first-order valence-electron chi connectivity index (χ1n) is 4.77. The zero-order chi connectivity index (χ0) is 11.0. The number of carbonyl (C=O) groups is 1. The predicted octanol–water partition coefficient (Wildman–Crippen LogP) is 1.52. The summed E-state index contributed by atoms with van der Waals surface area (Å²) in [4.78, 5) is 13.2. The zero-order valence-corrected chi connectivity index (χ0v) is 9.52. The van der Waals surface area contributed by atoms with Crippen LogP contribution in [0.15, 0.2) is 18.2 Å². The lowest BCUT2D eigenvalue weighted by Gasteiger charge is -2.17. The van der Waals surface area contributed by atoms with Crippen molar-refractivity contribution in [3.05, 3.63) is 29.3 Å². The Kier molecular flexibility index (Phi) is 2.44. The van der Waals surface area contributed by atoms with E-state index in [9.17, 15) is 4.79 Å². The summed E-state index contributed by atoms with van der Waals surface area (Å²) in [7, 11) is 0. The Morgan fingerprint density at radius 3 is 2.73 bits per heavy atom. The summed E-state index contributed by atoms with van der Waals surface area (Å²) in [5.41, 5.74) is 3.06. The van der Waals surface area contributed by atoms with E-state index >= 15 is 0 Å². The average Bonchev–Trinajstić information content (AvgIpc) is 2.51. The van der Waals surface area contributed by atoms with Gasteiger partial charge in [-0.25, -0.2) is 0 Å². The molecular formula is C11H12N2OS. The molecule has 0 aliphatic carbocycles. The molecule has 0 aromatic heterocycles. The number of rotatable bonds is 1. The maximum atomic E-state index is 11.6. The number of amides is 1. The normalized spacial score (nSPS) is 15.7. The zero-order valence-electron chi connectivity index (χ0n) is 8.70. The van der Waals surface area contributed by atoms with E-state index in [1.807, 2.05) is 32.0 Å². The highest BCUT2D eigenvalue weighted by Crippen LogP contribution is 2.23. The van der Waals surface area contributed by atoms with Gasteiger partial charge in [0.2, 0.25) is 0 Å². The van der Waals surface area contributed by atoms with E-state index in [4.69, 9.17) is 12.2 Å². The Labute approximate surface area is 94.1 Å². The number of nitrogens with one attached hydrogen (secondary N) is 1. The summed E-state index contributed by atoms with van der Waals surface area (Å²) in [5, 5.41) is 3.37. The number of nitrogens with zero attached hydrogens (tertiary/aromatic N) is 1. The first kappa shape index (κ1) is 10.1. The highest BCUT2D eigenvalue weighted by molar-refractivity contribution is 7.80. The van der Waals surface area contributed by atoms with Crippen molar-refractivity contribution in [2.45, 2.75) is 13.8 Å². The SMILES string of the molecule is Cc1ccc(C)c(N2C(=O)CNC2=S)c1. The molecule has 1 N–H and O–H groups in total. The molecule has 1 aromatic rings. The van der Waals surface area contributed by atoms with E-state index in [2.05, 4.69) is 5.32 Å². The third kappa shape index (κ3) is 1.72. The van der Waals surface area contributed by atoms with E-state index in [0.717, 1.165) is 16.8 Å². The lowest BCUT2D eigenvalue weighted by molar-refractivity contribution is -0.115. The minimum atomic E-state index is 0.00806. The van der Waals surface area contributed by atoms with Gasteiger partial charge >= 0.3 is 0 Å². The molecule has 0 bridgehead atoms. The van der Waals surface area contributed by atoms with Crippen LogP contribution in [0.25, 0.3) is 0 Å². The highest BCUT2D eigenvalue weighted by Gasteiger charge is 2.27. The Morgan fingerprint density at radius 1 is 1.40 bits per heavy atom. The fourth-order valence-corrected chi connectivity index (χ4v) is 1.90. The van der Waals surface area contributed by atoms with Crippen LogP contribution in [-0.4, -0.2) is 17.6 Å². The minimum absolute atomic E-state index is 0.00806. The second kappa shape index (κ2) is 3.62. The van der Waals surface area contributed by atoms with Gasteiger partial charge in [0, 0.05) is 0 Å². The van der Waals surface area contributed by atoms with Crippen LogP contribution >= 0.6 is 12.2 Å². The molecular weight excluding hydrogens is 208 g/mol. The Bertz CT molecular complexity index is 426. The molecule has 0 unspecified atom stereocenters. The van der Waals surface area contributed by atoms with E-state index < -0.39 is 0 Å². The summed E-state index contributed by atoms with van der Waals surface area (Å²) in [6, 6.07) is 6.00. The number of aryl methyl sites for hydroxylation is 2. The molecule has 0 atom stereocenters. The smallest absolute Gasteiger partial charge is 0.252 e. The standard InChI is InChI=1S/C11H12N2OS/c1-7-3-4-8(2)9(5-7)13-10(14)6-12-11(13)15/h3-5H,6H2,1-2H3,(H,12,15). The van der Waals surface area contributed by atoms with Crippen molar-refractivity contribution in [1.29, 1.82) is 0 Å². The lowest BCUT2D eigenvalue weighted by Crippen LogP contribution is -2.31. The van der Waals surface area contributed by atoms with E-state index in [-0.39, 0.29) is 5.91 Å². The van der Waals surface area contributed by atoms with E-state index in [0.29, 0.717) is 11.7 Å². The maximum Gasteiger partial charge on any atom is 0.252 e. The fourth-order valence-electron chi connectivity index (χ4n) is 1.63. The van der Waals surface area contributed by atoms with Gasteiger partial charge in [-0.05, 0) is 43.3 Å². The molecule has 0 radical (unpaired) electrons. The molecule has 1 aliphatic heterocycles. The average molecular weight is 220 g/mol. The van der Waals surface area contributed by atoms with Gasteiger partial charge in [0.1, 0.15) is 0 Å². The first-order valence-corrected chi connectivity index (χ1v) is 5.18. The summed E-state index contributed by atoms with van der Waals surface area (Å²) < 4.78 is 0. The number of carbonyl (C=O) groups excluding carboxylic acids is 1. The van der Waals surface area contributed by atoms with Crippen LogP contribution in [0.2, 0.25) is 0 Å². The van der Waals surface area contributed by atoms with Crippen molar-refractivity contribution < 1.29 is 4.79 Å². The summed E-state index contributed by atoms with van der Waals surface area (Å²) in [5.74, 6) is 0.00806. The summed E-state index contributed by atoms with van der Waals surface area (Å²) >= 11 is 5.10. The largest absolute Gasteiger partial charge is 0.353 e. The molecule has 0 saturated carbocycles. The van der Waals surface area contributed by atoms with Gasteiger partial charge in [0.05, 0.1) is 12.2 Å². The van der Waals surface area contributed by atoms with Crippen molar-refractivity contribution in [3.63, 3.8) is 0 Å². The van der Waals surface area contributed by atoms with Crippen LogP contribution in [0, 0.1) is 13.8 Å². The number of anilines is 1. The van der Waals surface area contributed by atoms with Gasteiger partial charge in [-0.15, -0.1) is 0 Å². The summed E-state index contributed by atoms with van der Waals surface area (Å²) in [6.07, 6.45) is 0. The molecule has 15 heavy (non-hydrogen) atoms. The Balaban J connectivity index is 2.48.